The number of hydrogen-bond acceptors (Lipinski definition) is 6. The second-order valence-electron chi connectivity index (χ2n) is 8.75. The van der Waals surface area contributed by atoms with Gasteiger partial charge in [-0.1, -0.05) is 18.2 Å². The number of nitrogens with two attached hydrogens (primary N) is 1. The van der Waals surface area contributed by atoms with Crippen molar-refractivity contribution >= 4 is 29.1 Å². The number of anilines is 2. The summed E-state index contributed by atoms with van der Waals surface area (Å²) in [5, 5.41) is 14.7. The smallest absolute Gasteiger partial charge is 0.414 e. The van der Waals surface area contributed by atoms with Crippen LogP contribution >= 0.6 is 0 Å². The third kappa shape index (κ3) is 4.84. The second kappa shape index (κ2) is 10.2. The number of aromatic amines is 1. The molecule has 0 saturated carbocycles. The summed E-state index contributed by atoms with van der Waals surface area (Å²) in [6, 6.07) is 13.1. The minimum atomic E-state index is -0.307. The van der Waals surface area contributed by atoms with Crippen LogP contribution in [0.25, 0.3) is 0 Å². The van der Waals surface area contributed by atoms with E-state index >= 15 is 0 Å². The Morgan fingerprint density at radius 3 is 2.80 bits per heavy atom. The normalized spacial score (nSPS) is 16.1. The molecular weight excluding hydrogens is 448 g/mol. The second-order valence-corrected chi connectivity index (χ2v) is 8.75. The van der Waals surface area contributed by atoms with Gasteiger partial charge in [0, 0.05) is 61.2 Å². The van der Waals surface area contributed by atoms with Gasteiger partial charge in [0.15, 0.2) is 5.69 Å². The van der Waals surface area contributed by atoms with Gasteiger partial charge in [-0.15, -0.1) is 0 Å². The highest BCUT2D eigenvalue weighted by atomic mass is 16.6. The van der Waals surface area contributed by atoms with E-state index in [-0.39, 0.29) is 18.0 Å². The van der Waals surface area contributed by atoms with Gasteiger partial charge in [0.05, 0.1) is 17.7 Å². The van der Waals surface area contributed by atoms with Crippen molar-refractivity contribution in [3.63, 3.8) is 0 Å². The van der Waals surface area contributed by atoms with Crippen LogP contribution in [0.4, 0.5) is 21.9 Å². The molecule has 1 aromatic heterocycles. The van der Waals surface area contributed by atoms with Gasteiger partial charge in [0.25, 0.3) is 5.91 Å². The summed E-state index contributed by atoms with van der Waals surface area (Å²) in [5.41, 5.74) is 5.39. The minimum absolute atomic E-state index is 0.0276. The number of cyclic esters (lactones) is 1. The quantitative estimate of drug-likeness (QED) is 0.354. The number of nitrogens with zero attached hydrogens (tertiary/aromatic N) is 3. The number of nitrogens with one attached hydrogen (secondary N) is 2. The number of hydrogen-bond donors (Lipinski definition) is 3. The molecule has 2 aliphatic rings. The molecule has 3 aromatic rings. The predicted octanol–water partition coefficient (Wildman–Crippen LogP) is 2.20. The van der Waals surface area contributed by atoms with Crippen molar-refractivity contribution in [2.75, 3.05) is 29.4 Å². The van der Waals surface area contributed by atoms with E-state index in [0.717, 1.165) is 41.0 Å². The number of piperidine rings is 1. The fourth-order valence-electron chi connectivity index (χ4n) is 4.80. The molecule has 2 aromatic carbocycles. The fourth-order valence-corrected chi connectivity index (χ4v) is 4.80. The number of benzene rings is 2. The third-order valence-electron chi connectivity index (χ3n) is 6.62. The fraction of sp³-hybridized carbons (Fsp3) is 0.320. The number of amides is 2. The number of carbonyl (C=O) groups is 2. The Kier molecular flexibility index (Phi) is 6.64. The highest BCUT2D eigenvalue weighted by Crippen LogP contribution is 2.33. The molecule has 0 radical (unpaired) electrons. The van der Waals surface area contributed by atoms with Crippen molar-refractivity contribution in [1.29, 1.82) is 0 Å². The molecule has 35 heavy (non-hydrogen) atoms. The number of carbonyl (C=O) groups excluding carboxylic acids is 2. The molecule has 1 fully saturated rings. The molecule has 0 bridgehead atoms. The SMILES string of the molecule is O=C(NCCc1cnc[nH]1)c1ccc(N2CCC(N3C(=O)OCc4ccccc43)CC2)c([NH2+][O-])c1. The van der Waals surface area contributed by atoms with E-state index in [1.54, 1.807) is 29.6 Å². The first-order valence-electron chi connectivity index (χ1n) is 11.8. The Hall–Kier alpha value is -3.89. The maximum Gasteiger partial charge on any atom is 0.414 e. The van der Waals surface area contributed by atoms with Gasteiger partial charge in [-0.25, -0.2) is 9.78 Å². The van der Waals surface area contributed by atoms with Crippen LogP contribution in [0.2, 0.25) is 0 Å². The van der Waals surface area contributed by atoms with E-state index < -0.39 is 0 Å². The number of aromatic nitrogens is 2. The summed E-state index contributed by atoms with van der Waals surface area (Å²) >= 11 is 0. The molecule has 0 atom stereocenters. The van der Waals surface area contributed by atoms with Crippen LogP contribution in [0.3, 0.4) is 0 Å². The highest BCUT2D eigenvalue weighted by molar-refractivity contribution is 5.95. The van der Waals surface area contributed by atoms with Crippen LogP contribution in [0.5, 0.6) is 0 Å². The number of fused-ring (bicyclic) bond motifs is 1. The van der Waals surface area contributed by atoms with Gasteiger partial charge in [-0.3, -0.25) is 9.69 Å². The number of H-pyrrole nitrogens is 1. The molecule has 0 spiro atoms. The number of rotatable bonds is 7. The molecule has 1 saturated heterocycles. The van der Waals surface area contributed by atoms with E-state index in [2.05, 4.69) is 20.2 Å². The zero-order valence-corrected chi connectivity index (χ0v) is 19.3. The summed E-state index contributed by atoms with van der Waals surface area (Å²) < 4.78 is 5.39. The molecule has 0 aliphatic carbocycles. The van der Waals surface area contributed by atoms with Crippen LogP contribution < -0.4 is 20.6 Å². The number of ether oxygens (including phenoxy) is 1. The molecule has 4 N–H and O–H groups in total. The third-order valence-corrected chi connectivity index (χ3v) is 6.62. The molecule has 10 heteroatoms. The van der Waals surface area contributed by atoms with Gasteiger partial charge >= 0.3 is 6.09 Å². The molecule has 0 unspecified atom stereocenters. The monoisotopic (exact) mass is 476 g/mol. The molecule has 3 heterocycles. The van der Waals surface area contributed by atoms with Crippen LogP contribution in [0.1, 0.15) is 34.5 Å². The summed E-state index contributed by atoms with van der Waals surface area (Å²) in [7, 11) is 0. The van der Waals surface area contributed by atoms with Crippen molar-refractivity contribution in [2.24, 2.45) is 0 Å². The average Bonchev–Trinajstić information content (AvgIpc) is 3.42. The van der Waals surface area contributed by atoms with E-state index in [1.165, 1.54) is 0 Å². The average molecular weight is 477 g/mol. The minimum Gasteiger partial charge on any atom is -0.630 e. The van der Waals surface area contributed by atoms with Gasteiger partial charge < -0.3 is 30.6 Å². The van der Waals surface area contributed by atoms with Crippen LogP contribution in [0, 0.1) is 5.21 Å². The zero-order valence-electron chi connectivity index (χ0n) is 19.3. The zero-order chi connectivity index (χ0) is 24.2. The molecular formula is C25H28N6O4. The molecule has 10 nitrogen and oxygen atoms in total. The van der Waals surface area contributed by atoms with Crippen LogP contribution in [0.15, 0.2) is 55.0 Å². The summed E-state index contributed by atoms with van der Waals surface area (Å²) in [6.45, 7) is 2.14. The predicted molar refractivity (Wildman–Crippen MR) is 130 cm³/mol. The van der Waals surface area contributed by atoms with Gasteiger partial charge in [0.1, 0.15) is 6.61 Å². The Labute approximate surface area is 202 Å². The van der Waals surface area contributed by atoms with Crippen LogP contribution in [-0.2, 0) is 17.8 Å². The Morgan fingerprint density at radius 2 is 2.03 bits per heavy atom. The highest BCUT2D eigenvalue weighted by Gasteiger charge is 2.34. The lowest BCUT2D eigenvalue weighted by atomic mass is 9.99. The largest absolute Gasteiger partial charge is 0.630 e. The summed E-state index contributed by atoms with van der Waals surface area (Å²) in [4.78, 5) is 36.0. The van der Waals surface area contributed by atoms with Crippen molar-refractivity contribution in [3.05, 3.63) is 77.0 Å². The van der Waals surface area contributed by atoms with E-state index in [9.17, 15) is 14.8 Å². The topological polar surface area (TPSA) is 130 Å². The molecule has 2 amide bonds. The molecule has 182 valence electrons. The van der Waals surface area contributed by atoms with Crippen molar-refractivity contribution in [3.8, 4) is 0 Å². The van der Waals surface area contributed by atoms with E-state index in [0.29, 0.717) is 43.9 Å². The number of quaternary nitrogens is 1. The number of para-hydroxylation sites is 1. The first kappa shape index (κ1) is 22.9. The first-order chi connectivity index (χ1) is 17.1. The molecule has 5 rings (SSSR count). The summed E-state index contributed by atoms with van der Waals surface area (Å²) in [5.74, 6) is -0.222. The Morgan fingerprint density at radius 1 is 1.20 bits per heavy atom. The van der Waals surface area contributed by atoms with Gasteiger partial charge in [-0.2, -0.15) is 0 Å². The lowest BCUT2D eigenvalue weighted by molar-refractivity contribution is -0.496. The van der Waals surface area contributed by atoms with Crippen LogP contribution in [-0.4, -0.2) is 47.6 Å². The van der Waals surface area contributed by atoms with E-state index in [4.69, 9.17) is 4.74 Å². The van der Waals surface area contributed by atoms with E-state index in [1.807, 2.05) is 30.3 Å². The van der Waals surface area contributed by atoms with Gasteiger partial charge in [0.2, 0.25) is 0 Å². The Balaban J connectivity index is 1.22. The maximum atomic E-state index is 12.6. The van der Waals surface area contributed by atoms with Crippen molar-refractivity contribution in [1.82, 2.24) is 15.3 Å². The van der Waals surface area contributed by atoms with Gasteiger partial charge in [-0.05, 0) is 31.0 Å². The summed E-state index contributed by atoms with van der Waals surface area (Å²) in [6.07, 6.45) is 5.16. The molecule has 2 aliphatic heterocycles. The first-order valence-corrected chi connectivity index (χ1v) is 11.8. The lowest BCUT2D eigenvalue weighted by Gasteiger charge is -2.41. The lowest BCUT2D eigenvalue weighted by Crippen LogP contribution is -2.70. The number of imidazole rings is 1. The Bertz CT molecular complexity index is 1190. The standard InChI is InChI=1S/C25H28N6O4/c32-24(27-10-7-19-14-26-16-28-19)17-5-6-23(21(13-17)29-34)30-11-8-20(9-12-30)31-22-4-2-1-3-18(22)15-35-25(31)33/h1-6,13-14,16,20H,7-12,15,29H2,(H,26,28)(H,27,32). The van der Waals surface area contributed by atoms with Crippen molar-refractivity contribution < 1.29 is 19.8 Å². The van der Waals surface area contributed by atoms with Crippen molar-refractivity contribution in [2.45, 2.75) is 31.9 Å². The maximum absolute atomic E-state index is 12.6.